The molecule has 4 aromatic rings. The minimum Gasteiger partial charge on any atom is -0.326 e. The van der Waals surface area contributed by atoms with Crippen molar-refractivity contribution in [3.63, 3.8) is 0 Å². The van der Waals surface area contributed by atoms with Crippen molar-refractivity contribution in [3.8, 4) is 10.4 Å². The molecule has 3 heterocycles. The van der Waals surface area contributed by atoms with Crippen LogP contribution in [0.3, 0.4) is 0 Å². The molecule has 0 radical (unpaired) electrons. The highest BCUT2D eigenvalue weighted by Crippen LogP contribution is 2.34. The molecule has 0 unspecified atom stereocenters. The van der Waals surface area contributed by atoms with E-state index in [0.29, 0.717) is 21.5 Å². The molecule has 32 heavy (non-hydrogen) atoms. The second-order valence-electron chi connectivity index (χ2n) is 8.62. The lowest BCUT2D eigenvalue weighted by molar-refractivity contribution is -0.123. The van der Waals surface area contributed by atoms with Gasteiger partial charge in [0.2, 0.25) is 5.91 Å². The largest absolute Gasteiger partial charge is 0.326 e. The van der Waals surface area contributed by atoms with E-state index >= 15 is 0 Å². The van der Waals surface area contributed by atoms with Crippen LogP contribution in [0, 0.1) is 12.3 Å². The number of rotatable bonds is 5. The van der Waals surface area contributed by atoms with E-state index in [2.05, 4.69) is 10.3 Å². The molecule has 0 aliphatic heterocycles. The molecular weight excluding hydrogens is 442 g/mol. The first-order chi connectivity index (χ1) is 15.1. The Balaban J connectivity index is 1.57. The minimum absolute atomic E-state index is 0.102. The lowest BCUT2D eigenvalue weighted by Gasteiger charge is -2.17. The smallest absolute Gasteiger partial charge is 0.263 e. The maximum atomic E-state index is 13.2. The van der Waals surface area contributed by atoms with E-state index in [1.807, 2.05) is 45.2 Å². The molecule has 0 saturated heterocycles. The maximum Gasteiger partial charge on any atom is 0.263 e. The summed E-state index contributed by atoms with van der Waals surface area (Å²) in [6.45, 7) is 7.43. The van der Waals surface area contributed by atoms with Gasteiger partial charge in [-0.2, -0.15) is 0 Å². The van der Waals surface area contributed by atoms with Gasteiger partial charge >= 0.3 is 0 Å². The number of Topliss-reactive ketones (excluding diaryl/α,β-unsaturated/α-hetero) is 1. The fourth-order valence-corrected chi connectivity index (χ4v) is 5.01. The lowest BCUT2D eigenvalue weighted by Crippen LogP contribution is -2.27. The average Bonchev–Trinajstić information content (AvgIpc) is 3.36. The van der Waals surface area contributed by atoms with Crippen LogP contribution in [0.4, 0.5) is 5.69 Å². The molecule has 1 amide bonds. The van der Waals surface area contributed by atoms with Crippen LogP contribution in [0.15, 0.2) is 52.9 Å². The number of aromatic nitrogens is 2. The fourth-order valence-electron chi connectivity index (χ4n) is 3.14. The Morgan fingerprint density at radius 2 is 1.81 bits per heavy atom. The summed E-state index contributed by atoms with van der Waals surface area (Å²) in [4.78, 5) is 45.4. The van der Waals surface area contributed by atoms with Gasteiger partial charge in [0.05, 0.1) is 18.3 Å². The highest BCUT2D eigenvalue weighted by Gasteiger charge is 2.21. The Hall–Kier alpha value is -3.10. The predicted molar refractivity (Wildman–Crippen MR) is 131 cm³/mol. The molecular formula is C24H23N3O3S2. The van der Waals surface area contributed by atoms with Gasteiger partial charge < -0.3 is 5.32 Å². The van der Waals surface area contributed by atoms with Crippen molar-refractivity contribution in [1.29, 1.82) is 0 Å². The highest BCUT2D eigenvalue weighted by atomic mass is 32.1. The molecule has 0 bridgehead atoms. The summed E-state index contributed by atoms with van der Waals surface area (Å²) in [6.07, 6.45) is 1.43. The monoisotopic (exact) mass is 465 g/mol. The van der Waals surface area contributed by atoms with Crippen molar-refractivity contribution >= 4 is 50.3 Å². The zero-order valence-electron chi connectivity index (χ0n) is 18.3. The number of carbonyl (C=O) groups is 2. The summed E-state index contributed by atoms with van der Waals surface area (Å²) in [5, 5.41) is 5.33. The van der Waals surface area contributed by atoms with Gasteiger partial charge in [-0.25, -0.2) is 4.98 Å². The van der Waals surface area contributed by atoms with Crippen LogP contribution in [-0.2, 0) is 11.3 Å². The molecule has 0 aliphatic carbocycles. The van der Waals surface area contributed by atoms with Crippen LogP contribution in [0.25, 0.3) is 20.7 Å². The Kier molecular flexibility index (Phi) is 5.83. The molecule has 0 saturated carbocycles. The summed E-state index contributed by atoms with van der Waals surface area (Å²) in [7, 11) is 0. The Bertz CT molecular complexity index is 1370. The third kappa shape index (κ3) is 4.42. The molecule has 0 aliphatic rings. The summed E-state index contributed by atoms with van der Waals surface area (Å²) in [5.41, 5.74) is 1.21. The molecule has 1 aromatic carbocycles. The SMILES string of the molecule is Cc1ccc(-c2csc3ncn(CC(=O)c4ccc(NC(=O)C(C)(C)C)cc4)c(=O)c23)s1. The number of thiophene rings is 2. The number of hydrogen-bond acceptors (Lipinski definition) is 6. The molecule has 4 rings (SSSR count). The van der Waals surface area contributed by atoms with E-state index in [9.17, 15) is 14.4 Å². The van der Waals surface area contributed by atoms with Crippen LogP contribution in [0.5, 0.6) is 0 Å². The standard InChI is InChI=1S/C24H23N3O3S2/c1-14-5-10-19(32-14)17-12-31-21-20(17)22(29)27(13-25-21)11-18(28)15-6-8-16(9-7-15)26-23(30)24(2,3)4/h5-10,12-13H,11H2,1-4H3,(H,26,30). The van der Waals surface area contributed by atoms with Gasteiger partial charge in [0.15, 0.2) is 5.78 Å². The van der Waals surface area contributed by atoms with Crippen molar-refractivity contribution in [2.75, 3.05) is 5.32 Å². The quantitative estimate of drug-likeness (QED) is 0.402. The molecule has 3 aromatic heterocycles. The average molecular weight is 466 g/mol. The van der Waals surface area contributed by atoms with Crippen LogP contribution >= 0.6 is 22.7 Å². The number of hydrogen-bond donors (Lipinski definition) is 1. The van der Waals surface area contributed by atoms with E-state index in [1.54, 1.807) is 35.6 Å². The zero-order chi connectivity index (χ0) is 23.0. The van der Waals surface area contributed by atoms with Crippen molar-refractivity contribution in [2.24, 2.45) is 5.41 Å². The zero-order valence-corrected chi connectivity index (χ0v) is 19.9. The number of ketones is 1. The van der Waals surface area contributed by atoms with E-state index in [-0.39, 0.29) is 23.8 Å². The van der Waals surface area contributed by atoms with Crippen LogP contribution in [-0.4, -0.2) is 21.2 Å². The molecule has 0 spiro atoms. The lowest BCUT2D eigenvalue weighted by atomic mass is 9.95. The van der Waals surface area contributed by atoms with Crippen LogP contribution < -0.4 is 10.9 Å². The number of carbonyl (C=O) groups excluding carboxylic acids is 2. The molecule has 0 fully saturated rings. The van der Waals surface area contributed by atoms with Crippen LogP contribution in [0.2, 0.25) is 0 Å². The second-order valence-corrected chi connectivity index (χ2v) is 10.8. The van der Waals surface area contributed by atoms with Crippen LogP contribution in [0.1, 0.15) is 36.0 Å². The number of nitrogens with zero attached hydrogens (tertiary/aromatic N) is 2. The van der Waals surface area contributed by atoms with Crippen molar-refractivity contribution in [1.82, 2.24) is 9.55 Å². The molecule has 6 nitrogen and oxygen atoms in total. The van der Waals surface area contributed by atoms with Gasteiger partial charge in [0, 0.05) is 37.4 Å². The summed E-state index contributed by atoms with van der Waals surface area (Å²) >= 11 is 3.05. The van der Waals surface area contributed by atoms with Gasteiger partial charge in [0.25, 0.3) is 5.56 Å². The first-order valence-corrected chi connectivity index (χ1v) is 11.8. The Morgan fingerprint density at radius 3 is 2.44 bits per heavy atom. The number of fused-ring (bicyclic) bond motifs is 1. The second kappa shape index (κ2) is 8.44. The summed E-state index contributed by atoms with van der Waals surface area (Å²) in [6, 6.07) is 10.7. The van der Waals surface area contributed by atoms with E-state index in [0.717, 1.165) is 10.4 Å². The Labute approximate surface area is 193 Å². The topological polar surface area (TPSA) is 81.1 Å². The predicted octanol–water partition coefficient (Wildman–Crippen LogP) is 5.36. The van der Waals surface area contributed by atoms with Gasteiger partial charge in [-0.05, 0) is 43.3 Å². The summed E-state index contributed by atoms with van der Waals surface area (Å²) in [5.74, 6) is -0.305. The Morgan fingerprint density at radius 1 is 1.09 bits per heavy atom. The van der Waals surface area contributed by atoms with E-state index in [4.69, 9.17) is 0 Å². The normalized spacial score (nSPS) is 11.6. The van der Waals surface area contributed by atoms with E-state index in [1.165, 1.54) is 27.1 Å². The summed E-state index contributed by atoms with van der Waals surface area (Å²) < 4.78 is 1.36. The van der Waals surface area contributed by atoms with Crippen molar-refractivity contribution < 1.29 is 9.59 Å². The number of nitrogens with one attached hydrogen (secondary N) is 1. The highest BCUT2D eigenvalue weighted by molar-refractivity contribution is 7.19. The molecule has 0 atom stereocenters. The number of aryl methyl sites for hydroxylation is 1. The molecule has 164 valence electrons. The fraction of sp³-hybridized carbons (Fsp3) is 0.250. The molecule has 1 N–H and O–H groups in total. The molecule has 8 heteroatoms. The number of anilines is 1. The van der Waals surface area contributed by atoms with Gasteiger partial charge in [-0.15, -0.1) is 22.7 Å². The third-order valence-electron chi connectivity index (χ3n) is 5.03. The van der Waals surface area contributed by atoms with Crippen molar-refractivity contribution in [2.45, 2.75) is 34.2 Å². The number of amides is 1. The minimum atomic E-state index is -0.510. The first-order valence-electron chi connectivity index (χ1n) is 10.1. The van der Waals surface area contributed by atoms with Crippen molar-refractivity contribution in [3.05, 3.63) is 68.9 Å². The first kappa shape index (κ1) is 22.1. The van der Waals surface area contributed by atoms with Gasteiger partial charge in [-0.3, -0.25) is 19.0 Å². The maximum absolute atomic E-state index is 13.2. The number of benzene rings is 1. The van der Waals surface area contributed by atoms with E-state index < -0.39 is 5.41 Å². The van der Waals surface area contributed by atoms with Gasteiger partial charge in [-0.1, -0.05) is 20.8 Å². The third-order valence-corrected chi connectivity index (χ3v) is 6.95. The van der Waals surface area contributed by atoms with Gasteiger partial charge in [0.1, 0.15) is 4.83 Å².